The third kappa shape index (κ3) is 3.19. The highest BCUT2D eigenvalue weighted by molar-refractivity contribution is 5.30. The quantitative estimate of drug-likeness (QED) is 0.850. The Hall–Kier alpha value is -2.25. The van der Waals surface area contributed by atoms with Gasteiger partial charge in [-0.05, 0) is 27.2 Å². The van der Waals surface area contributed by atoms with Crippen LogP contribution < -0.4 is 10.1 Å². The smallest absolute Gasteiger partial charge is 0.323 e. The van der Waals surface area contributed by atoms with Crippen molar-refractivity contribution in [1.82, 2.24) is 29.7 Å². The predicted octanol–water partition coefficient (Wildman–Crippen LogP) is 1.29. The Morgan fingerprint density at radius 1 is 1.10 bits per heavy atom. The van der Waals surface area contributed by atoms with Crippen molar-refractivity contribution < 1.29 is 4.74 Å². The lowest BCUT2D eigenvalue weighted by atomic mass is 10.5. The number of ether oxygens (including phenoxy) is 1. The highest BCUT2D eigenvalue weighted by atomic mass is 16.5. The van der Waals surface area contributed by atoms with E-state index in [2.05, 4.69) is 37.3 Å². The van der Waals surface area contributed by atoms with Gasteiger partial charge in [-0.3, -0.25) is 0 Å². The van der Waals surface area contributed by atoms with Crippen LogP contribution in [0, 0.1) is 13.8 Å². The number of aryl methyl sites for hydroxylation is 2. The molecule has 0 aliphatic heterocycles. The molecule has 0 fully saturated rings. The van der Waals surface area contributed by atoms with Crippen molar-refractivity contribution >= 4 is 5.95 Å². The van der Waals surface area contributed by atoms with Gasteiger partial charge in [0.1, 0.15) is 11.6 Å². The number of hydrogen-bond acceptors (Lipinski definition) is 7. The molecule has 108 valence electrons. The van der Waals surface area contributed by atoms with Gasteiger partial charge in [-0.2, -0.15) is 19.6 Å². The number of aromatic nitrogens is 6. The summed E-state index contributed by atoms with van der Waals surface area (Å²) < 4.78 is 6.95. The van der Waals surface area contributed by atoms with Gasteiger partial charge in [0, 0.05) is 6.54 Å². The summed E-state index contributed by atoms with van der Waals surface area (Å²) in [5, 5.41) is 7.40. The van der Waals surface area contributed by atoms with E-state index in [4.69, 9.17) is 4.74 Å². The first-order valence-corrected chi connectivity index (χ1v) is 6.67. The summed E-state index contributed by atoms with van der Waals surface area (Å²) >= 11 is 0. The van der Waals surface area contributed by atoms with E-state index in [9.17, 15) is 0 Å². The lowest BCUT2D eigenvalue weighted by molar-refractivity contribution is 0.311. The maximum atomic E-state index is 5.37. The fraction of sp³-hybridized carbons (Fsp3) is 0.583. The van der Waals surface area contributed by atoms with Crippen molar-refractivity contribution in [2.45, 2.75) is 34.1 Å². The van der Waals surface area contributed by atoms with Gasteiger partial charge < -0.3 is 10.1 Å². The first-order chi connectivity index (χ1) is 9.63. The minimum atomic E-state index is 0.281. The molecule has 2 aromatic heterocycles. The predicted molar refractivity (Wildman–Crippen MR) is 74.2 cm³/mol. The second kappa shape index (κ2) is 6.27. The molecular formula is C12H19N7O. The normalized spacial score (nSPS) is 10.6. The van der Waals surface area contributed by atoms with Crippen molar-refractivity contribution in [3.8, 4) is 12.0 Å². The average molecular weight is 277 g/mol. The number of hydrogen-bond donors (Lipinski definition) is 1. The number of anilines is 1. The fourth-order valence-electron chi connectivity index (χ4n) is 1.66. The summed E-state index contributed by atoms with van der Waals surface area (Å²) in [6, 6.07) is 0.281. The van der Waals surface area contributed by atoms with Crippen molar-refractivity contribution in [2.24, 2.45) is 0 Å². The van der Waals surface area contributed by atoms with Crippen LogP contribution >= 0.6 is 0 Å². The van der Waals surface area contributed by atoms with Crippen LogP contribution in [0.4, 0.5) is 5.95 Å². The van der Waals surface area contributed by atoms with Gasteiger partial charge >= 0.3 is 6.01 Å². The van der Waals surface area contributed by atoms with E-state index >= 15 is 0 Å². The number of nitrogens with one attached hydrogen (secondary N) is 1. The second-order valence-electron chi connectivity index (χ2n) is 4.22. The van der Waals surface area contributed by atoms with E-state index in [0.29, 0.717) is 24.3 Å². The minimum absolute atomic E-state index is 0.281. The van der Waals surface area contributed by atoms with Gasteiger partial charge in [-0.25, -0.2) is 4.98 Å². The molecule has 0 amide bonds. The molecule has 2 rings (SSSR count). The van der Waals surface area contributed by atoms with E-state index in [1.54, 1.807) is 4.68 Å². The van der Waals surface area contributed by atoms with Crippen LogP contribution in [0.15, 0.2) is 0 Å². The maximum absolute atomic E-state index is 5.37. The van der Waals surface area contributed by atoms with Crippen LogP contribution in [0.25, 0.3) is 5.95 Å². The third-order valence-corrected chi connectivity index (χ3v) is 2.47. The van der Waals surface area contributed by atoms with Crippen LogP contribution in [0.5, 0.6) is 6.01 Å². The molecule has 0 radical (unpaired) electrons. The van der Waals surface area contributed by atoms with Crippen LogP contribution in [0.1, 0.15) is 31.9 Å². The highest BCUT2D eigenvalue weighted by Crippen LogP contribution is 2.12. The molecule has 0 unspecified atom stereocenters. The molecule has 0 aliphatic carbocycles. The second-order valence-corrected chi connectivity index (χ2v) is 4.22. The summed E-state index contributed by atoms with van der Waals surface area (Å²) in [5.41, 5.74) is 0. The zero-order valence-electron chi connectivity index (χ0n) is 12.2. The first-order valence-electron chi connectivity index (χ1n) is 6.67. The van der Waals surface area contributed by atoms with Gasteiger partial charge in [0.2, 0.25) is 5.95 Å². The molecular weight excluding hydrogens is 258 g/mol. The van der Waals surface area contributed by atoms with Crippen LogP contribution in [-0.4, -0.2) is 42.9 Å². The fourth-order valence-corrected chi connectivity index (χ4v) is 1.66. The van der Waals surface area contributed by atoms with Crippen molar-refractivity contribution in [3.05, 3.63) is 11.6 Å². The summed E-state index contributed by atoms with van der Waals surface area (Å²) in [6.45, 7) is 8.90. The highest BCUT2D eigenvalue weighted by Gasteiger charge is 2.12. The molecule has 0 saturated heterocycles. The molecule has 0 spiro atoms. The monoisotopic (exact) mass is 277 g/mol. The van der Waals surface area contributed by atoms with E-state index in [1.807, 2.05) is 20.8 Å². The Morgan fingerprint density at radius 3 is 2.50 bits per heavy atom. The zero-order chi connectivity index (χ0) is 14.5. The Labute approximate surface area is 117 Å². The molecule has 0 aliphatic rings. The summed E-state index contributed by atoms with van der Waals surface area (Å²) in [4.78, 5) is 17.0. The summed E-state index contributed by atoms with van der Waals surface area (Å²) in [6.07, 6.45) is 0.979. The van der Waals surface area contributed by atoms with Gasteiger partial charge in [0.25, 0.3) is 5.95 Å². The van der Waals surface area contributed by atoms with Gasteiger partial charge in [0.15, 0.2) is 0 Å². The van der Waals surface area contributed by atoms with Crippen molar-refractivity contribution in [2.75, 3.05) is 18.5 Å². The van der Waals surface area contributed by atoms with Crippen molar-refractivity contribution in [1.29, 1.82) is 0 Å². The SMILES string of the molecule is CCCNc1nc(OCC)nc(-n2nc(C)nc2C)n1. The van der Waals surface area contributed by atoms with Crippen LogP contribution in [-0.2, 0) is 0 Å². The lowest BCUT2D eigenvalue weighted by Gasteiger charge is -2.08. The average Bonchev–Trinajstić information content (AvgIpc) is 2.75. The number of nitrogens with zero attached hydrogens (tertiary/aromatic N) is 6. The molecule has 2 aromatic rings. The van der Waals surface area contributed by atoms with E-state index in [0.717, 1.165) is 18.8 Å². The molecule has 8 heteroatoms. The molecule has 0 aromatic carbocycles. The Morgan fingerprint density at radius 2 is 1.90 bits per heavy atom. The van der Waals surface area contributed by atoms with Gasteiger partial charge in [-0.1, -0.05) is 6.92 Å². The standard InChI is InChI=1S/C12H19N7O/c1-5-7-13-10-15-11(17-12(16-10)20-6-2)19-9(4)14-8(3)18-19/h5-7H2,1-4H3,(H,13,15,16,17). The molecule has 20 heavy (non-hydrogen) atoms. The molecule has 0 saturated carbocycles. The molecule has 1 N–H and O–H groups in total. The van der Waals surface area contributed by atoms with Gasteiger partial charge in [-0.15, -0.1) is 5.10 Å². The molecule has 0 bridgehead atoms. The maximum Gasteiger partial charge on any atom is 0.323 e. The Bertz CT molecular complexity index is 581. The van der Waals surface area contributed by atoms with Crippen LogP contribution in [0.2, 0.25) is 0 Å². The molecule has 8 nitrogen and oxygen atoms in total. The topological polar surface area (TPSA) is 90.6 Å². The minimum Gasteiger partial charge on any atom is -0.464 e. The molecule has 0 atom stereocenters. The first kappa shape index (κ1) is 14.2. The lowest BCUT2D eigenvalue weighted by Crippen LogP contribution is -2.13. The van der Waals surface area contributed by atoms with Crippen LogP contribution in [0.3, 0.4) is 0 Å². The number of rotatable bonds is 6. The largest absolute Gasteiger partial charge is 0.464 e. The third-order valence-electron chi connectivity index (χ3n) is 2.47. The Kier molecular flexibility index (Phi) is 4.44. The zero-order valence-corrected chi connectivity index (χ0v) is 12.2. The van der Waals surface area contributed by atoms with Crippen molar-refractivity contribution in [3.63, 3.8) is 0 Å². The van der Waals surface area contributed by atoms with Gasteiger partial charge in [0.05, 0.1) is 6.61 Å². The van der Waals surface area contributed by atoms with E-state index < -0.39 is 0 Å². The van der Waals surface area contributed by atoms with E-state index in [-0.39, 0.29) is 6.01 Å². The van der Waals surface area contributed by atoms with E-state index in [1.165, 1.54) is 0 Å². The summed E-state index contributed by atoms with van der Waals surface area (Å²) in [7, 11) is 0. The molecule has 2 heterocycles. The summed E-state index contributed by atoms with van der Waals surface area (Å²) in [5.74, 6) is 2.27. The Balaban J connectivity index is 2.40.